The monoisotopic (exact) mass is 276 g/mol. The van der Waals surface area contributed by atoms with Gasteiger partial charge in [0.25, 0.3) is 0 Å². The Bertz CT molecular complexity index is 474. The highest BCUT2D eigenvalue weighted by atomic mass is 16.5. The Morgan fingerprint density at radius 3 is 2.85 bits per heavy atom. The number of benzene rings is 1. The van der Waals surface area contributed by atoms with E-state index >= 15 is 0 Å². The number of nitrogens with one attached hydrogen (secondary N) is 1. The van der Waals surface area contributed by atoms with Crippen molar-refractivity contribution in [1.82, 2.24) is 10.2 Å². The average Bonchev–Trinajstić information content (AvgIpc) is 2.85. The minimum absolute atomic E-state index is 0.250. The van der Waals surface area contributed by atoms with Crippen molar-refractivity contribution in [2.75, 3.05) is 20.2 Å². The highest BCUT2D eigenvalue weighted by Gasteiger charge is 2.21. The standard InChI is InChI=1S/C16H24N2O2/c1-4-20-15-8-7-13(12(2)17-3)10-14(15)11-18-9-5-6-16(18)19/h7-8,10,12,17H,4-6,9,11H2,1-3H3. The molecule has 0 aromatic heterocycles. The van der Waals surface area contributed by atoms with Gasteiger partial charge in [0.1, 0.15) is 5.75 Å². The van der Waals surface area contributed by atoms with E-state index in [9.17, 15) is 4.79 Å². The van der Waals surface area contributed by atoms with Crippen LogP contribution in [0.2, 0.25) is 0 Å². The number of likely N-dealkylation sites (tertiary alicyclic amines) is 1. The summed E-state index contributed by atoms with van der Waals surface area (Å²) in [4.78, 5) is 13.7. The van der Waals surface area contributed by atoms with Crippen LogP contribution in [-0.2, 0) is 11.3 Å². The van der Waals surface area contributed by atoms with Gasteiger partial charge in [-0.1, -0.05) is 6.07 Å². The maximum absolute atomic E-state index is 11.8. The first kappa shape index (κ1) is 14.9. The van der Waals surface area contributed by atoms with Crippen LogP contribution in [0.3, 0.4) is 0 Å². The Morgan fingerprint density at radius 2 is 2.25 bits per heavy atom. The summed E-state index contributed by atoms with van der Waals surface area (Å²) >= 11 is 0. The number of ether oxygens (including phenoxy) is 1. The zero-order valence-corrected chi connectivity index (χ0v) is 12.6. The molecule has 1 aromatic rings. The van der Waals surface area contributed by atoms with Gasteiger partial charge in [0, 0.05) is 31.1 Å². The number of rotatable bonds is 6. The summed E-state index contributed by atoms with van der Waals surface area (Å²) in [5, 5.41) is 3.24. The van der Waals surface area contributed by atoms with E-state index in [4.69, 9.17) is 4.74 Å². The molecule has 1 aliphatic rings. The van der Waals surface area contributed by atoms with E-state index in [0.29, 0.717) is 25.6 Å². The molecule has 1 fully saturated rings. The molecule has 0 saturated carbocycles. The van der Waals surface area contributed by atoms with Crippen molar-refractivity contribution in [1.29, 1.82) is 0 Å². The molecule has 2 rings (SSSR count). The molecule has 1 N–H and O–H groups in total. The SMILES string of the molecule is CCOc1ccc(C(C)NC)cc1CN1CCCC1=O. The van der Waals surface area contributed by atoms with Gasteiger partial charge in [-0.05, 0) is 45.0 Å². The molecule has 0 aliphatic carbocycles. The average molecular weight is 276 g/mol. The Labute approximate surface area is 121 Å². The second-order valence-corrected chi connectivity index (χ2v) is 5.23. The van der Waals surface area contributed by atoms with Crippen LogP contribution in [0.5, 0.6) is 5.75 Å². The molecule has 1 atom stereocenters. The van der Waals surface area contributed by atoms with Gasteiger partial charge in [0.15, 0.2) is 0 Å². The molecule has 110 valence electrons. The van der Waals surface area contributed by atoms with Gasteiger partial charge in [-0.2, -0.15) is 0 Å². The van der Waals surface area contributed by atoms with Gasteiger partial charge in [0.05, 0.1) is 6.61 Å². The van der Waals surface area contributed by atoms with Crippen molar-refractivity contribution in [3.63, 3.8) is 0 Å². The summed E-state index contributed by atoms with van der Waals surface area (Å²) in [6, 6.07) is 6.54. The number of hydrogen-bond acceptors (Lipinski definition) is 3. The summed E-state index contributed by atoms with van der Waals surface area (Å²) in [6.45, 7) is 6.26. The number of carbonyl (C=O) groups is 1. The Hall–Kier alpha value is -1.55. The third-order valence-corrected chi connectivity index (χ3v) is 3.85. The molecule has 1 saturated heterocycles. The molecule has 1 aromatic carbocycles. The summed E-state index contributed by atoms with van der Waals surface area (Å²) in [5.41, 5.74) is 2.32. The largest absolute Gasteiger partial charge is 0.494 e. The molecule has 0 radical (unpaired) electrons. The zero-order valence-electron chi connectivity index (χ0n) is 12.6. The molecular formula is C16H24N2O2. The van der Waals surface area contributed by atoms with Crippen molar-refractivity contribution >= 4 is 5.91 Å². The van der Waals surface area contributed by atoms with Crippen LogP contribution in [0.1, 0.15) is 43.9 Å². The van der Waals surface area contributed by atoms with Gasteiger partial charge in [-0.25, -0.2) is 0 Å². The molecule has 1 heterocycles. The Kier molecular flexibility index (Phi) is 5.01. The van der Waals surface area contributed by atoms with E-state index in [1.165, 1.54) is 5.56 Å². The second-order valence-electron chi connectivity index (χ2n) is 5.23. The van der Waals surface area contributed by atoms with Gasteiger partial charge < -0.3 is 15.0 Å². The van der Waals surface area contributed by atoms with Gasteiger partial charge in [-0.15, -0.1) is 0 Å². The van der Waals surface area contributed by atoms with Crippen molar-refractivity contribution in [2.24, 2.45) is 0 Å². The lowest BCUT2D eigenvalue weighted by Gasteiger charge is -2.20. The van der Waals surface area contributed by atoms with E-state index < -0.39 is 0 Å². The summed E-state index contributed by atoms with van der Waals surface area (Å²) in [5.74, 6) is 1.14. The van der Waals surface area contributed by atoms with Crippen molar-refractivity contribution in [3.05, 3.63) is 29.3 Å². The lowest BCUT2D eigenvalue weighted by Crippen LogP contribution is -2.24. The first-order valence-electron chi connectivity index (χ1n) is 7.36. The quantitative estimate of drug-likeness (QED) is 0.868. The number of carbonyl (C=O) groups excluding carboxylic acids is 1. The van der Waals surface area contributed by atoms with Crippen LogP contribution in [0.15, 0.2) is 18.2 Å². The molecule has 4 heteroatoms. The van der Waals surface area contributed by atoms with E-state index in [1.54, 1.807) is 0 Å². The van der Waals surface area contributed by atoms with Crippen LogP contribution >= 0.6 is 0 Å². The van der Waals surface area contributed by atoms with Gasteiger partial charge in [0.2, 0.25) is 5.91 Å². The van der Waals surface area contributed by atoms with E-state index in [1.807, 2.05) is 24.9 Å². The van der Waals surface area contributed by atoms with E-state index in [0.717, 1.165) is 24.3 Å². The summed E-state index contributed by atoms with van der Waals surface area (Å²) in [6.07, 6.45) is 1.64. The topological polar surface area (TPSA) is 41.6 Å². The van der Waals surface area contributed by atoms with Gasteiger partial charge in [-0.3, -0.25) is 4.79 Å². The van der Waals surface area contributed by atoms with E-state index in [2.05, 4.69) is 24.4 Å². The summed E-state index contributed by atoms with van der Waals surface area (Å²) in [7, 11) is 1.95. The number of nitrogens with zero attached hydrogens (tertiary/aromatic N) is 1. The number of hydrogen-bond donors (Lipinski definition) is 1. The molecule has 0 spiro atoms. The smallest absolute Gasteiger partial charge is 0.222 e. The lowest BCUT2D eigenvalue weighted by atomic mass is 10.0. The molecule has 20 heavy (non-hydrogen) atoms. The van der Waals surface area contributed by atoms with Crippen LogP contribution in [0.4, 0.5) is 0 Å². The third-order valence-electron chi connectivity index (χ3n) is 3.85. The Morgan fingerprint density at radius 1 is 1.45 bits per heavy atom. The minimum atomic E-state index is 0.250. The maximum Gasteiger partial charge on any atom is 0.222 e. The first-order chi connectivity index (χ1) is 9.65. The van der Waals surface area contributed by atoms with Crippen LogP contribution < -0.4 is 10.1 Å². The molecule has 1 unspecified atom stereocenters. The molecule has 1 aliphatic heterocycles. The minimum Gasteiger partial charge on any atom is -0.494 e. The molecular weight excluding hydrogens is 252 g/mol. The lowest BCUT2D eigenvalue weighted by molar-refractivity contribution is -0.128. The van der Waals surface area contributed by atoms with Crippen LogP contribution in [-0.4, -0.2) is 31.0 Å². The van der Waals surface area contributed by atoms with Crippen LogP contribution in [0.25, 0.3) is 0 Å². The molecule has 4 nitrogen and oxygen atoms in total. The van der Waals surface area contributed by atoms with Crippen molar-refractivity contribution < 1.29 is 9.53 Å². The molecule has 1 amide bonds. The third kappa shape index (κ3) is 3.31. The zero-order chi connectivity index (χ0) is 14.5. The Balaban J connectivity index is 2.23. The van der Waals surface area contributed by atoms with E-state index in [-0.39, 0.29) is 5.91 Å². The predicted molar refractivity (Wildman–Crippen MR) is 79.7 cm³/mol. The predicted octanol–water partition coefficient (Wildman–Crippen LogP) is 2.49. The normalized spacial score (nSPS) is 16.6. The molecule has 0 bridgehead atoms. The fourth-order valence-corrected chi connectivity index (χ4v) is 2.53. The summed E-state index contributed by atoms with van der Waals surface area (Å²) < 4.78 is 5.69. The fraction of sp³-hybridized carbons (Fsp3) is 0.562. The maximum atomic E-state index is 11.8. The van der Waals surface area contributed by atoms with Crippen molar-refractivity contribution in [3.8, 4) is 5.75 Å². The van der Waals surface area contributed by atoms with Gasteiger partial charge >= 0.3 is 0 Å². The highest BCUT2D eigenvalue weighted by molar-refractivity contribution is 5.78. The fourth-order valence-electron chi connectivity index (χ4n) is 2.53. The highest BCUT2D eigenvalue weighted by Crippen LogP contribution is 2.26. The van der Waals surface area contributed by atoms with Crippen LogP contribution in [0, 0.1) is 0 Å². The first-order valence-corrected chi connectivity index (χ1v) is 7.36. The second kappa shape index (κ2) is 6.75. The number of amides is 1. The van der Waals surface area contributed by atoms with Crippen molar-refractivity contribution in [2.45, 2.75) is 39.3 Å².